The minimum atomic E-state index is 0.452. The molecule has 1 unspecified atom stereocenters. The third kappa shape index (κ3) is 8.42. The largest absolute Gasteiger partial charge is 0.158 e. The number of allylic oxidation sites excluding steroid dienone is 1. The number of hydrogen-bond donors (Lipinski definition) is 0. The first-order valence-corrected chi connectivity index (χ1v) is 6.16. The summed E-state index contributed by atoms with van der Waals surface area (Å²) >= 11 is 2.10. The lowest BCUT2D eigenvalue weighted by molar-refractivity contribution is 0.479. The maximum atomic E-state index is 3.97. The van der Waals surface area contributed by atoms with E-state index in [-0.39, 0.29) is 0 Å². The molecular formula is C12H24S. The Morgan fingerprint density at radius 3 is 2.23 bits per heavy atom. The molecule has 0 amide bonds. The first-order chi connectivity index (χ1) is 5.85. The summed E-state index contributed by atoms with van der Waals surface area (Å²) in [7, 11) is 0. The van der Waals surface area contributed by atoms with Crippen LogP contribution in [0.1, 0.15) is 47.5 Å². The maximum absolute atomic E-state index is 3.97. The zero-order chi connectivity index (χ0) is 10.5. The molecule has 0 radical (unpaired) electrons. The molecule has 13 heavy (non-hydrogen) atoms. The fraction of sp³-hybridized carbons (Fsp3) is 0.833. The van der Waals surface area contributed by atoms with Gasteiger partial charge in [0.15, 0.2) is 0 Å². The van der Waals surface area contributed by atoms with Crippen molar-refractivity contribution in [3.63, 3.8) is 0 Å². The molecule has 0 aliphatic heterocycles. The monoisotopic (exact) mass is 200 g/mol. The van der Waals surface area contributed by atoms with E-state index in [2.05, 4.69) is 53.0 Å². The van der Waals surface area contributed by atoms with Crippen LogP contribution in [0.5, 0.6) is 0 Å². The summed E-state index contributed by atoms with van der Waals surface area (Å²) in [4.78, 5) is 0. The van der Waals surface area contributed by atoms with Gasteiger partial charge in [0, 0.05) is 5.25 Å². The summed E-state index contributed by atoms with van der Waals surface area (Å²) in [5, 5.41) is 0.775. The molecule has 1 heteroatoms. The van der Waals surface area contributed by atoms with Crippen molar-refractivity contribution in [2.24, 2.45) is 5.41 Å². The molecule has 0 nitrogen and oxygen atoms in total. The molecule has 0 aromatic heterocycles. The molecule has 0 N–H and O–H groups in total. The SMILES string of the molecule is C=C(C)CC(CC)SCC(C)(C)C. The summed E-state index contributed by atoms with van der Waals surface area (Å²) < 4.78 is 0. The Kier molecular flexibility index (Phi) is 5.78. The van der Waals surface area contributed by atoms with Gasteiger partial charge in [0.25, 0.3) is 0 Å². The zero-order valence-corrected chi connectivity index (χ0v) is 10.6. The molecule has 0 aromatic rings. The number of hydrogen-bond acceptors (Lipinski definition) is 1. The Morgan fingerprint density at radius 1 is 1.38 bits per heavy atom. The topological polar surface area (TPSA) is 0 Å². The van der Waals surface area contributed by atoms with Crippen LogP contribution in [0.15, 0.2) is 12.2 Å². The van der Waals surface area contributed by atoms with Crippen LogP contribution in [0, 0.1) is 5.41 Å². The minimum absolute atomic E-state index is 0.452. The van der Waals surface area contributed by atoms with Gasteiger partial charge in [0.05, 0.1) is 0 Å². The average Bonchev–Trinajstić information content (AvgIpc) is 1.95. The summed E-state index contributed by atoms with van der Waals surface area (Å²) in [6.45, 7) is 15.3. The average molecular weight is 200 g/mol. The Hall–Kier alpha value is 0.0900. The Morgan fingerprint density at radius 2 is 1.92 bits per heavy atom. The highest BCUT2D eigenvalue weighted by Crippen LogP contribution is 2.28. The van der Waals surface area contributed by atoms with Gasteiger partial charge in [-0.1, -0.05) is 33.3 Å². The highest BCUT2D eigenvalue weighted by Gasteiger charge is 2.14. The molecule has 1 atom stereocenters. The summed E-state index contributed by atoms with van der Waals surface area (Å²) in [5.41, 5.74) is 1.76. The maximum Gasteiger partial charge on any atom is 0.00815 e. The van der Waals surface area contributed by atoms with Crippen LogP contribution in [-0.2, 0) is 0 Å². The van der Waals surface area contributed by atoms with Gasteiger partial charge in [-0.25, -0.2) is 0 Å². The van der Waals surface area contributed by atoms with Crippen molar-refractivity contribution < 1.29 is 0 Å². The first kappa shape index (κ1) is 13.1. The van der Waals surface area contributed by atoms with Gasteiger partial charge >= 0.3 is 0 Å². The second kappa shape index (κ2) is 5.74. The second-order valence-corrected chi connectivity index (χ2v) is 6.35. The van der Waals surface area contributed by atoms with E-state index in [1.54, 1.807) is 0 Å². The van der Waals surface area contributed by atoms with E-state index in [9.17, 15) is 0 Å². The van der Waals surface area contributed by atoms with Gasteiger partial charge in [-0.05, 0) is 30.9 Å². The van der Waals surface area contributed by atoms with Crippen molar-refractivity contribution in [2.45, 2.75) is 52.7 Å². The van der Waals surface area contributed by atoms with Gasteiger partial charge in [-0.2, -0.15) is 11.8 Å². The molecule has 78 valence electrons. The van der Waals surface area contributed by atoms with E-state index in [1.165, 1.54) is 24.2 Å². The Bertz CT molecular complexity index is 153. The van der Waals surface area contributed by atoms with Gasteiger partial charge in [0.2, 0.25) is 0 Å². The Balaban J connectivity index is 3.79. The fourth-order valence-corrected chi connectivity index (χ4v) is 2.45. The van der Waals surface area contributed by atoms with E-state index in [1.807, 2.05) is 0 Å². The van der Waals surface area contributed by atoms with Crippen LogP contribution in [0.2, 0.25) is 0 Å². The van der Waals surface area contributed by atoms with E-state index in [0.29, 0.717) is 5.41 Å². The van der Waals surface area contributed by atoms with Crippen LogP contribution in [-0.4, -0.2) is 11.0 Å². The molecule has 0 saturated carbocycles. The lowest BCUT2D eigenvalue weighted by Crippen LogP contribution is -2.12. The summed E-state index contributed by atoms with van der Waals surface area (Å²) in [6.07, 6.45) is 2.44. The standard InChI is InChI=1S/C12H24S/c1-7-11(8-10(2)3)13-9-12(4,5)6/h11H,2,7-9H2,1,3-6H3. The minimum Gasteiger partial charge on any atom is -0.158 e. The van der Waals surface area contributed by atoms with Gasteiger partial charge in [0.1, 0.15) is 0 Å². The van der Waals surface area contributed by atoms with Crippen molar-refractivity contribution in [1.29, 1.82) is 0 Å². The number of rotatable bonds is 5. The lowest BCUT2D eigenvalue weighted by Gasteiger charge is -2.22. The molecule has 0 saturated heterocycles. The van der Waals surface area contributed by atoms with E-state index < -0.39 is 0 Å². The van der Waals surface area contributed by atoms with Crippen molar-refractivity contribution in [3.8, 4) is 0 Å². The van der Waals surface area contributed by atoms with Crippen molar-refractivity contribution in [3.05, 3.63) is 12.2 Å². The highest BCUT2D eigenvalue weighted by molar-refractivity contribution is 7.99. The van der Waals surface area contributed by atoms with Gasteiger partial charge in [-0.15, -0.1) is 6.58 Å². The van der Waals surface area contributed by atoms with Crippen molar-refractivity contribution >= 4 is 11.8 Å². The van der Waals surface area contributed by atoms with Gasteiger partial charge < -0.3 is 0 Å². The molecule has 0 rings (SSSR count). The van der Waals surface area contributed by atoms with Gasteiger partial charge in [-0.3, -0.25) is 0 Å². The first-order valence-electron chi connectivity index (χ1n) is 5.11. The predicted molar refractivity (Wildman–Crippen MR) is 65.4 cm³/mol. The normalized spacial score (nSPS) is 14.2. The molecule has 0 aromatic carbocycles. The smallest absolute Gasteiger partial charge is 0.00815 e. The highest BCUT2D eigenvalue weighted by atomic mass is 32.2. The third-order valence-electron chi connectivity index (χ3n) is 1.78. The Labute approximate surface area is 88.2 Å². The molecule has 0 aliphatic rings. The van der Waals surface area contributed by atoms with Crippen LogP contribution in [0.25, 0.3) is 0 Å². The third-order valence-corrected chi connectivity index (χ3v) is 3.79. The van der Waals surface area contributed by atoms with Crippen LogP contribution in [0.3, 0.4) is 0 Å². The molecular weight excluding hydrogens is 176 g/mol. The predicted octanol–water partition coefficient (Wildman–Crippen LogP) is 4.51. The van der Waals surface area contributed by atoms with Crippen molar-refractivity contribution in [1.82, 2.24) is 0 Å². The second-order valence-electron chi connectivity index (χ2n) is 5.06. The van der Waals surface area contributed by atoms with E-state index >= 15 is 0 Å². The molecule has 0 heterocycles. The summed E-state index contributed by atoms with van der Waals surface area (Å²) in [6, 6.07) is 0. The van der Waals surface area contributed by atoms with Crippen LogP contribution >= 0.6 is 11.8 Å². The van der Waals surface area contributed by atoms with Crippen molar-refractivity contribution in [2.75, 3.05) is 5.75 Å². The van der Waals surface area contributed by atoms with E-state index in [0.717, 1.165) is 5.25 Å². The quantitative estimate of drug-likeness (QED) is 0.588. The van der Waals surface area contributed by atoms with Crippen LogP contribution in [0.4, 0.5) is 0 Å². The summed E-state index contributed by atoms with van der Waals surface area (Å²) in [5.74, 6) is 1.25. The molecule has 0 fully saturated rings. The van der Waals surface area contributed by atoms with E-state index in [4.69, 9.17) is 0 Å². The molecule has 0 spiro atoms. The molecule has 0 bridgehead atoms. The zero-order valence-electron chi connectivity index (χ0n) is 9.81. The fourth-order valence-electron chi connectivity index (χ4n) is 1.08. The van der Waals surface area contributed by atoms with Crippen LogP contribution < -0.4 is 0 Å². The number of thioether (sulfide) groups is 1. The molecule has 0 aliphatic carbocycles. The lowest BCUT2D eigenvalue weighted by atomic mass is 10.0.